The lowest BCUT2D eigenvalue weighted by molar-refractivity contribution is -0.135. The molecule has 0 bridgehead atoms. The first-order chi connectivity index (χ1) is 17.4. The molecule has 0 atom stereocenters. The second-order valence-electron chi connectivity index (χ2n) is 8.26. The molecule has 0 aliphatic carbocycles. The van der Waals surface area contributed by atoms with Crippen LogP contribution in [0.25, 0.3) is 0 Å². The third-order valence-electron chi connectivity index (χ3n) is 5.56. The number of aliphatic imine (C=N–C) groups is 1. The van der Waals surface area contributed by atoms with Crippen molar-refractivity contribution in [3.63, 3.8) is 0 Å². The molecular weight excluding hydrogens is 532 g/mol. The van der Waals surface area contributed by atoms with Crippen molar-refractivity contribution in [3.05, 3.63) is 67.4 Å². The van der Waals surface area contributed by atoms with Crippen LogP contribution in [-0.4, -0.2) is 40.7 Å². The number of hydrogen-bond acceptors (Lipinski definition) is 6. The molecule has 16 heteroatoms. The highest BCUT2D eigenvalue weighted by molar-refractivity contribution is 6.66. The first kappa shape index (κ1) is 26.6. The zero-order valence-electron chi connectivity index (χ0n) is 18.9. The maximum Gasteiger partial charge on any atom is 0.389 e. The van der Waals surface area contributed by atoms with Gasteiger partial charge < -0.3 is 0 Å². The molecule has 9 nitrogen and oxygen atoms in total. The molecule has 0 amide bonds. The molecule has 1 aliphatic heterocycles. The number of alkyl halides is 3. The van der Waals surface area contributed by atoms with Crippen LogP contribution in [0.1, 0.15) is 36.2 Å². The Balaban J connectivity index is 1.47. The number of aromatic nitrogens is 6. The van der Waals surface area contributed by atoms with Gasteiger partial charge in [0.15, 0.2) is 5.82 Å². The van der Waals surface area contributed by atoms with Crippen LogP contribution in [0.3, 0.4) is 0 Å². The minimum absolute atomic E-state index is 0.0405. The highest BCUT2D eigenvalue weighted by Gasteiger charge is 2.28. The third kappa shape index (κ3) is 6.09. The Kier molecular flexibility index (Phi) is 7.52. The average molecular weight is 550 g/mol. The summed E-state index contributed by atoms with van der Waals surface area (Å²) < 4.78 is 80.4. The second kappa shape index (κ2) is 10.5. The Hall–Kier alpha value is -3.49. The fourth-order valence-corrected chi connectivity index (χ4v) is 4.09. The van der Waals surface area contributed by atoms with E-state index in [0.29, 0.717) is 12.1 Å². The van der Waals surface area contributed by atoms with Gasteiger partial charge in [-0.3, -0.25) is 13.9 Å². The molecule has 3 heterocycles. The monoisotopic (exact) mass is 549 g/mol. The van der Waals surface area contributed by atoms with Crippen LogP contribution < -0.4 is 11.2 Å². The molecular formula is C21H18ClF6N7O2. The van der Waals surface area contributed by atoms with Crippen molar-refractivity contribution in [3.8, 4) is 0 Å². The molecule has 2 aromatic heterocycles. The maximum absolute atomic E-state index is 13.9. The summed E-state index contributed by atoms with van der Waals surface area (Å²) in [6.45, 7) is -0.380. The largest absolute Gasteiger partial charge is 0.389 e. The normalized spacial score (nSPS) is 13.2. The molecule has 1 aromatic carbocycles. The number of rotatable bonds is 9. The molecule has 198 valence electrons. The van der Waals surface area contributed by atoms with Gasteiger partial charge in [-0.2, -0.15) is 18.0 Å². The van der Waals surface area contributed by atoms with Gasteiger partial charge in [0.1, 0.15) is 28.4 Å². The maximum atomic E-state index is 13.9. The van der Waals surface area contributed by atoms with Gasteiger partial charge in [0, 0.05) is 50.0 Å². The van der Waals surface area contributed by atoms with Gasteiger partial charge >= 0.3 is 11.9 Å². The lowest BCUT2D eigenvalue weighted by Crippen LogP contribution is -2.41. The van der Waals surface area contributed by atoms with Gasteiger partial charge in [-0.15, -0.1) is 10.2 Å². The van der Waals surface area contributed by atoms with E-state index in [1.807, 2.05) is 0 Å². The summed E-state index contributed by atoms with van der Waals surface area (Å²) in [4.78, 5) is 30.8. The molecule has 3 aromatic rings. The van der Waals surface area contributed by atoms with Crippen molar-refractivity contribution in [1.82, 2.24) is 29.3 Å². The number of fused-ring (bicyclic) bond motifs is 1. The summed E-state index contributed by atoms with van der Waals surface area (Å²) in [7, 11) is 0. The Morgan fingerprint density at radius 2 is 1.65 bits per heavy atom. The van der Waals surface area contributed by atoms with E-state index in [0.717, 1.165) is 13.9 Å². The van der Waals surface area contributed by atoms with Crippen molar-refractivity contribution in [2.75, 3.05) is 0 Å². The van der Waals surface area contributed by atoms with Gasteiger partial charge in [0.2, 0.25) is 0 Å². The second-order valence-corrected chi connectivity index (χ2v) is 8.69. The quantitative estimate of drug-likeness (QED) is 0.382. The van der Waals surface area contributed by atoms with E-state index in [2.05, 4.69) is 20.4 Å². The lowest BCUT2D eigenvalue weighted by atomic mass is 10.1. The Bertz CT molecular complexity index is 1450. The van der Waals surface area contributed by atoms with Crippen molar-refractivity contribution in [2.45, 2.75) is 57.9 Å². The number of halogens is 7. The van der Waals surface area contributed by atoms with Crippen LogP contribution >= 0.6 is 11.6 Å². The molecule has 0 N–H and O–H groups in total. The van der Waals surface area contributed by atoms with Crippen LogP contribution in [0.2, 0.25) is 0 Å². The molecule has 0 radical (unpaired) electrons. The molecule has 1 aliphatic rings. The minimum Gasteiger partial charge on any atom is -0.278 e. The van der Waals surface area contributed by atoms with E-state index in [9.17, 15) is 35.9 Å². The van der Waals surface area contributed by atoms with Gasteiger partial charge in [0.25, 0.3) is 5.56 Å². The van der Waals surface area contributed by atoms with Crippen molar-refractivity contribution >= 4 is 22.6 Å². The summed E-state index contributed by atoms with van der Waals surface area (Å²) in [5, 5.41) is 11.5. The van der Waals surface area contributed by atoms with E-state index in [4.69, 9.17) is 11.6 Å². The van der Waals surface area contributed by atoms with Gasteiger partial charge in [0.05, 0.1) is 12.1 Å². The van der Waals surface area contributed by atoms with E-state index >= 15 is 0 Å². The van der Waals surface area contributed by atoms with Crippen LogP contribution in [0.15, 0.2) is 26.7 Å². The van der Waals surface area contributed by atoms with Gasteiger partial charge in [-0.05, 0) is 18.1 Å². The standard InChI is InChI=1S/C21H18ClF6N7O2/c22-16-9-13-18(29-16)33(4-1-3-21(26,27)28)20(37)34(19(13)36)5-2-6-35-31-17(30-32-35)10-12-14(24)7-11(23)8-15(12)25/h7-8H,1-6,9-10H2. The molecule has 0 saturated carbocycles. The molecule has 0 fully saturated rings. The zero-order chi connectivity index (χ0) is 26.9. The fourth-order valence-electron chi connectivity index (χ4n) is 3.88. The highest BCUT2D eigenvalue weighted by atomic mass is 35.5. The molecule has 0 spiro atoms. The summed E-state index contributed by atoms with van der Waals surface area (Å²) in [5.74, 6) is -3.34. The molecule has 4 rings (SSSR count). The smallest absolute Gasteiger partial charge is 0.278 e. The summed E-state index contributed by atoms with van der Waals surface area (Å²) in [6, 6.07) is 1.07. The number of nitrogens with zero attached hydrogens (tertiary/aromatic N) is 7. The SMILES string of the molecule is O=c1c2c(n(CCCC(F)(F)F)c(=O)n1CCCn1nnc(Cc3c(F)cc(F)cc3F)n1)N=C(Cl)C2. The predicted octanol–water partition coefficient (Wildman–Crippen LogP) is 3.26. The Morgan fingerprint density at radius 1 is 0.973 bits per heavy atom. The Morgan fingerprint density at radius 3 is 2.32 bits per heavy atom. The van der Waals surface area contributed by atoms with E-state index < -0.39 is 46.9 Å². The Labute approximate surface area is 209 Å². The van der Waals surface area contributed by atoms with Crippen LogP contribution in [0.4, 0.5) is 32.2 Å². The highest BCUT2D eigenvalue weighted by Crippen LogP contribution is 2.26. The number of hydrogen-bond donors (Lipinski definition) is 0. The molecule has 0 unspecified atom stereocenters. The first-order valence-corrected chi connectivity index (χ1v) is 11.4. The number of benzene rings is 1. The summed E-state index contributed by atoms with van der Waals surface area (Å²) in [5.41, 5.74) is -1.80. The van der Waals surface area contributed by atoms with Gasteiger partial charge in [-0.25, -0.2) is 23.0 Å². The van der Waals surface area contributed by atoms with Crippen LogP contribution in [0.5, 0.6) is 0 Å². The van der Waals surface area contributed by atoms with E-state index in [-0.39, 0.29) is 67.7 Å². The lowest BCUT2D eigenvalue weighted by Gasteiger charge is -2.14. The number of tetrazole rings is 1. The van der Waals surface area contributed by atoms with Crippen LogP contribution in [-0.2, 0) is 32.5 Å². The molecule has 0 saturated heterocycles. The summed E-state index contributed by atoms with van der Waals surface area (Å²) >= 11 is 5.92. The average Bonchev–Trinajstić information content (AvgIpc) is 3.41. The molecule has 37 heavy (non-hydrogen) atoms. The minimum atomic E-state index is -4.40. The fraction of sp³-hybridized carbons (Fsp3) is 0.429. The first-order valence-electron chi connectivity index (χ1n) is 11.0. The summed E-state index contributed by atoms with van der Waals surface area (Å²) in [6.07, 6.45) is -6.19. The van der Waals surface area contributed by atoms with Crippen LogP contribution in [0, 0.1) is 17.5 Å². The van der Waals surface area contributed by atoms with Gasteiger partial charge in [-0.1, -0.05) is 11.6 Å². The predicted molar refractivity (Wildman–Crippen MR) is 118 cm³/mol. The van der Waals surface area contributed by atoms with Crippen molar-refractivity contribution in [2.24, 2.45) is 4.99 Å². The third-order valence-corrected chi connectivity index (χ3v) is 5.78. The van der Waals surface area contributed by atoms with E-state index in [1.54, 1.807) is 0 Å². The number of aryl methyl sites for hydroxylation is 1. The van der Waals surface area contributed by atoms with Crippen molar-refractivity contribution in [1.29, 1.82) is 0 Å². The topological polar surface area (TPSA) is 100.0 Å². The van der Waals surface area contributed by atoms with E-state index in [1.165, 1.54) is 0 Å². The zero-order valence-corrected chi connectivity index (χ0v) is 19.7. The van der Waals surface area contributed by atoms with Crippen molar-refractivity contribution < 1.29 is 26.3 Å².